The Balaban J connectivity index is 2.91. The van der Waals surface area contributed by atoms with Gasteiger partial charge < -0.3 is 9.84 Å². The van der Waals surface area contributed by atoms with Crippen molar-refractivity contribution in [2.24, 2.45) is 0 Å². The van der Waals surface area contributed by atoms with E-state index in [-0.39, 0.29) is 5.75 Å². The number of phenolic OH excluding ortho intramolecular Hbond substituents is 1. The molecule has 0 aliphatic rings. The predicted molar refractivity (Wildman–Crippen MR) is 54.7 cm³/mol. The van der Waals surface area contributed by atoms with E-state index in [1.54, 1.807) is 12.1 Å². The first kappa shape index (κ1) is 10.6. The van der Waals surface area contributed by atoms with Crippen LogP contribution in [-0.4, -0.2) is 18.2 Å². The number of phenols is 1. The average molecular weight is 255 g/mol. The first-order chi connectivity index (χ1) is 6.63. The molecular formula is C10H7BrO3. The predicted octanol–water partition coefficient (Wildman–Crippen LogP) is 1.68. The van der Waals surface area contributed by atoms with Gasteiger partial charge in [-0.15, -0.1) is 0 Å². The number of hydrogen-bond acceptors (Lipinski definition) is 3. The molecule has 14 heavy (non-hydrogen) atoms. The van der Waals surface area contributed by atoms with Crippen LogP contribution in [0.25, 0.3) is 0 Å². The van der Waals surface area contributed by atoms with Crippen LogP contribution in [0, 0.1) is 11.8 Å². The molecule has 0 aliphatic carbocycles. The average Bonchev–Trinajstić information content (AvgIpc) is 2.19. The van der Waals surface area contributed by atoms with Crippen molar-refractivity contribution in [3.63, 3.8) is 0 Å². The van der Waals surface area contributed by atoms with Crippen LogP contribution in [0.1, 0.15) is 5.56 Å². The molecule has 0 aromatic heterocycles. The largest absolute Gasteiger partial charge is 0.507 e. The normalized spacial score (nSPS) is 8.71. The van der Waals surface area contributed by atoms with E-state index in [0.29, 0.717) is 10.0 Å². The zero-order valence-corrected chi connectivity index (χ0v) is 8.96. The number of rotatable bonds is 0. The number of carbonyl (C=O) groups is 1. The second kappa shape index (κ2) is 4.68. The summed E-state index contributed by atoms with van der Waals surface area (Å²) in [5.74, 6) is 4.42. The second-order valence-corrected chi connectivity index (χ2v) is 3.26. The lowest BCUT2D eigenvalue weighted by Gasteiger charge is -1.95. The molecule has 0 aliphatic heterocycles. The molecule has 3 nitrogen and oxygen atoms in total. The molecule has 0 atom stereocenters. The zero-order chi connectivity index (χ0) is 10.6. The topological polar surface area (TPSA) is 46.5 Å². The first-order valence-corrected chi connectivity index (χ1v) is 4.51. The Hall–Kier alpha value is -1.47. The van der Waals surface area contributed by atoms with Crippen molar-refractivity contribution >= 4 is 21.9 Å². The Morgan fingerprint density at radius 2 is 2.29 bits per heavy atom. The Kier molecular flexibility index (Phi) is 3.55. The summed E-state index contributed by atoms with van der Waals surface area (Å²) in [6, 6.07) is 4.71. The van der Waals surface area contributed by atoms with Crippen molar-refractivity contribution < 1.29 is 14.6 Å². The van der Waals surface area contributed by atoms with E-state index in [2.05, 4.69) is 32.5 Å². The molecule has 0 saturated carbocycles. The molecule has 1 aromatic carbocycles. The highest BCUT2D eigenvalue weighted by Crippen LogP contribution is 2.23. The van der Waals surface area contributed by atoms with Gasteiger partial charge in [0, 0.05) is 11.5 Å². The van der Waals surface area contributed by atoms with Crippen molar-refractivity contribution in [2.45, 2.75) is 0 Å². The van der Waals surface area contributed by atoms with Gasteiger partial charge >= 0.3 is 5.97 Å². The Labute approximate surface area is 89.8 Å². The smallest absolute Gasteiger partial charge is 0.384 e. The van der Waals surface area contributed by atoms with Crippen LogP contribution in [0.3, 0.4) is 0 Å². The van der Waals surface area contributed by atoms with Crippen LogP contribution >= 0.6 is 15.9 Å². The highest BCUT2D eigenvalue weighted by Gasteiger charge is 1.97. The third-order valence-corrected chi connectivity index (χ3v) is 2.08. The molecule has 1 aromatic rings. The van der Waals surface area contributed by atoms with Gasteiger partial charge in [0.05, 0.1) is 11.6 Å². The van der Waals surface area contributed by atoms with Crippen molar-refractivity contribution in [2.75, 3.05) is 7.11 Å². The fraction of sp³-hybridized carbons (Fsp3) is 0.100. The van der Waals surface area contributed by atoms with Gasteiger partial charge in [-0.25, -0.2) is 4.79 Å². The fourth-order valence-corrected chi connectivity index (χ4v) is 1.14. The molecular weight excluding hydrogens is 248 g/mol. The molecule has 0 saturated heterocycles. The SMILES string of the molecule is COC(=O)C#Cc1ccc(O)c(Br)c1. The minimum Gasteiger partial charge on any atom is -0.507 e. The molecule has 72 valence electrons. The third-order valence-electron chi connectivity index (χ3n) is 1.44. The summed E-state index contributed by atoms with van der Waals surface area (Å²) >= 11 is 3.14. The van der Waals surface area contributed by atoms with Crippen LogP contribution in [0.4, 0.5) is 0 Å². The summed E-state index contributed by atoms with van der Waals surface area (Å²) in [6.45, 7) is 0. The minimum absolute atomic E-state index is 0.133. The first-order valence-electron chi connectivity index (χ1n) is 3.72. The zero-order valence-electron chi connectivity index (χ0n) is 7.37. The van der Waals surface area contributed by atoms with Crippen LogP contribution in [-0.2, 0) is 9.53 Å². The van der Waals surface area contributed by atoms with Crippen LogP contribution in [0.2, 0.25) is 0 Å². The second-order valence-electron chi connectivity index (χ2n) is 2.41. The van der Waals surface area contributed by atoms with Crippen LogP contribution in [0.15, 0.2) is 22.7 Å². The lowest BCUT2D eigenvalue weighted by Crippen LogP contribution is -1.94. The Bertz CT molecular complexity index is 415. The van der Waals surface area contributed by atoms with E-state index in [0.717, 1.165) is 0 Å². The molecule has 4 heteroatoms. The van der Waals surface area contributed by atoms with Gasteiger partial charge in [-0.05, 0) is 34.1 Å². The van der Waals surface area contributed by atoms with Gasteiger partial charge in [-0.2, -0.15) is 0 Å². The third kappa shape index (κ3) is 2.79. The fourth-order valence-electron chi connectivity index (χ4n) is 0.759. The summed E-state index contributed by atoms with van der Waals surface area (Å²) in [7, 11) is 1.27. The number of methoxy groups -OCH3 is 1. The van der Waals surface area contributed by atoms with Gasteiger partial charge in [-0.1, -0.05) is 5.92 Å². The molecule has 0 bridgehead atoms. The molecule has 0 radical (unpaired) electrons. The molecule has 1 rings (SSSR count). The lowest BCUT2D eigenvalue weighted by molar-refractivity contribution is -0.133. The van der Waals surface area contributed by atoms with E-state index in [1.165, 1.54) is 13.2 Å². The van der Waals surface area contributed by atoms with Gasteiger partial charge in [-0.3, -0.25) is 0 Å². The number of halogens is 1. The maximum atomic E-state index is 10.7. The summed E-state index contributed by atoms with van der Waals surface area (Å²) in [4.78, 5) is 10.7. The number of benzene rings is 1. The van der Waals surface area contributed by atoms with Gasteiger partial charge in [0.2, 0.25) is 0 Å². The van der Waals surface area contributed by atoms with Gasteiger partial charge in [0.1, 0.15) is 5.75 Å². The summed E-state index contributed by atoms with van der Waals surface area (Å²) in [5.41, 5.74) is 0.625. The summed E-state index contributed by atoms with van der Waals surface area (Å²) in [5, 5.41) is 9.18. The number of hydrogen-bond donors (Lipinski definition) is 1. The van der Waals surface area contributed by atoms with Crippen molar-refractivity contribution in [3.05, 3.63) is 28.2 Å². The standard InChI is InChI=1S/C10H7BrO3/c1-14-10(13)5-3-7-2-4-9(12)8(11)6-7/h2,4,6,12H,1H3. The molecule has 0 spiro atoms. The summed E-state index contributed by atoms with van der Waals surface area (Å²) < 4.78 is 4.89. The maximum Gasteiger partial charge on any atom is 0.384 e. The molecule has 0 unspecified atom stereocenters. The number of ether oxygens (including phenoxy) is 1. The van der Waals surface area contributed by atoms with Gasteiger partial charge in [0.15, 0.2) is 0 Å². The van der Waals surface area contributed by atoms with Gasteiger partial charge in [0.25, 0.3) is 0 Å². The maximum absolute atomic E-state index is 10.7. The number of esters is 1. The highest BCUT2D eigenvalue weighted by molar-refractivity contribution is 9.10. The van der Waals surface area contributed by atoms with E-state index >= 15 is 0 Å². The quantitative estimate of drug-likeness (QED) is 0.566. The molecule has 1 N–H and O–H groups in total. The Morgan fingerprint density at radius 3 is 2.86 bits per heavy atom. The van der Waals surface area contributed by atoms with Crippen molar-refractivity contribution in [1.82, 2.24) is 0 Å². The molecule has 0 heterocycles. The number of aromatic hydroxyl groups is 1. The van der Waals surface area contributed by atoms with E-state index in [9.17, 15) is 9.90 Å². The number of carbonyl (C=O) groups excluding carboxylic acids is 1. The monoisotopic (exact) mass is 254 g/mol. The molecule has 0 amide bonds. The van der Waals surface area contributed by atoms with Crippen LogP contribution in [0.5, 0.6) is 5.75 Å². The Morgan fingerprint density at radius 1 is 1.57 bits per heavy atom. The van der Waals surface area contributed by atoms with Crippen LogP contribution < -0.4 is 0 Å². The van der Waals surface area contributed by atoms with E-state index in [1.807, 2.05) is 0 Å². The van der Waals surface area contributed by atoms with Crippen molar-refractivity contribution in [1.29, 1.82) is 0 Å². The highest BCUT2D eigenvalue weighted by atomic mass is 79.9. The van der Waals surface area contributed by atoms with E-state index < -0.39 is 5.97 Å². The molecule has 0 fully saturated rings. The van der Waals surface area contributed by atoms with Crippen molar-refractivity contribution in [3.8, 4) is 17.6 Å². The minimum atomic E-state index is -0.589. The lowest BCUT2D eigenvalue weighted by atomic mass is 10.2. The van der Waals surface area contributed by atoms with E-state index in [4.69, 9.17) is 0 Å². The summed E-state index contributed by atoms with van der Waals surface area (Å²) in [6.07, 6.45) is 0.